The molecule has 0 amide bonds. The molecule has 1 aliphatic rings. The second-order valence-corrected chi connectivity index (χ2v) is 5.99. The minimum Gasteiger partial charge on any atom is -0.313 e. The Labute approximate surface area is 120 Å². The molecule has 1 aromatic carbocycles. The van der Waals surface area contributed by atoms with Gasteiger partial charge in [-0.15, -0.1) is 0 Å². The van der Waals surface area contributed by atoms with E-state index in [1.807, 2.05) is 7.05 Å². The highest BCUT2D eigenvalue weighted by Crippen LogP contribution is 2.34. The highest BCUT2D eigenvalue weighted by molar-refractivity contribution is 5.28. The SMILES string of the molecule is CNC(c1cc(C)c(F)cc1F)C1CCCCCCC1. The van der Waals surface area contributed by atoms with Crippen molar-refractivity contribution >= 4 is 0 Å². The number of hydrogen-bond donors (Lipinski definition) is 1. The van der Waals surface area contributed by atoms with E-state index in [1.54, 1.807) is 13.0 Å². The summed E-state index contributed by atoms with van der Waals surface area (Å²) >= 11 is 0. The lowest BCUT2D eigenvalue weighted by Gasteiger charge is -2.29. The van der Waals surface area contributed by atoms with E-state index in [0.717, 1.165) is 18.9 Å². The average molecular weight is 281 g/mol. The van der Waals surface area contributed by atoms with Crippen LogP contribution in [-0.2, 0) is 0 Å². The molecule has 1 aliphatic carbocycles. The number of benzene rings is 1. The first-order chi connectivity index (χ1) is 9.63. The maximum atomic E-state index is 14.1. The van der Waals surface area contributed by atoms with E-state index in [4.69, 9.17) is 0 Å². The lowest BCUT2D eigenvalue weighted by atomic mass is 9.82. The van der Waals surface area contributed by atoms with Crippen LogP contribution in [0.3, 0.4) is 0 Å². The molecule has 1 N–H and O–H groups in total. The van der Waals surface area contributed by atoms with Crippen LogP contribution in [0, 0.1) is 24.5 Å². The largest absolute Gasteiger partial charge is 0.313 e. The van der Waals surface area contributed by atoms with Crippen LogP contribution in [-0.4, -0.2) is 7.05 Å². The lowest BCUT2D eigenvalue weighted by Crippen LogP contribution is -2.27. The molecule has 1 fully saturated rings. The highest BCUT2D eigenvalue weighted by atomic mass is 19.1. The van der Waals surface area contributed by atoms with E-state index in [-0.39, 0.29) is 6.04 Å². The van der Waals surface area contributed by atoms with Crippen molar-refractivity contribution in [2.75, 3.05) is 7.05 Å². The van der Waals surface area contributed by atoms with Gasteiger partial charge in [0.25, 0.3) is 0 Å². The molecular weight excluding hydrogens is 256 g/mol. The second-order valence-electron chi connectivity index (χ2n) is 5.99. The highest BCUT2D eigenvalue weighted by Gasteiger charge is 2.25. The van der Waals surface area contributed by atoms with Crippen molar-refractivity contribution < 1.29 is 8.78 Å². The Balaban J connectivity index is 2.24. The van der Waals surface area contributed by atoms with Gasteiger partial charge in [-0.25, -0.2) is 8.78 Å². The molecule has 1 saturated carbocycles. The zero-order valence-electron chi connectivity index (χ0n) is 12.5. The molecule has 0 saturated heterocycles. The Bertz CT molecular complexity index is 437. The third-order valence-electron chi connectivity index (χ3n) is 4.55. The predicted octanol–water partition coefficient (Wildman–Crippen LogP) is 4.89. The molecule has 0 radical (unpaired) electrons. The van der Waals surface area contributed by atoms with Crippen molar-refractivity contribution in [3.05, 3.63) is 34.9 Å². The summed E-state index contributed by atoms with van der Waals surface area (Å²) in [5.74, 6) is -0.437. The minimum atomic E-state index is -0.459. The molecule has 1 unspecified atom stereocenters. The van der Waals surface area contributed by atoms with Crippen LogP contribution in [0.25, 0.3) is 0 Å². The molecule has 3 heteroatoms. The molecule has 0 bridgehead atoms. The van der Waals surface area contributed by atoms with Crippen LogP contribution < -0.4 is 5.32 Å². The fourth-order valence-electron chi connectivity index (χ4n) is 3.38. The van der Waals surface area contributed by atoms with Crippen LogP contribution in [0.2, 0.25) is 0 Å². The van der Waals surface area contributed by atoms with E-state index in [1.165, 1.54) is 32.1 Å². The van der Waals surface area contributed by atoms with E-state index in [2.05, 4.69) is 5.32 Å². The summed E-state index contributed by atoms with van der Waals surface area (Å²) in [6, 6.07) is 2.69. The number of aryl methyl sites for hydroxylation is 1. The molecule has 0 aliphatic heterocycles. The molecule has 0 heterocycles. The van der Waals surface area contributed by atoms with Crippen LogP contribution in [0.5, 0.6) is 0 Å². The molecular formula is C17H25F2N. The molecule has 0 aromatic heterocycles. The summed E-state index contributed by atoms with van der Waals surface area (Å²) in [5.41, 5.74) is 1.14. The third kappa shape index (κ3) is 3.57. The van der Waals surface area contributed by atoms with E-state index >= 15 is 0 Å². The fourth-order valence-corrected chi connectivity index (χ4v) is 3.38. The van der Waals surface area contributed by atoms with E-state index in [9.17, 15) is 8.78 Å². The Hall–Kier alpha value is -0.960. The van der Waals surface area contributed by atoms with Gasteiger partial charge < -0.3 is 5.32 Å². The first kappa shape index (κ1) is 15.4. The van der Waals surface area contributed by atoms with Crippen molar-refractivity contribution in [3.63, 3.8) is 0 Å². The van der Waals surface area contributed by atoms with Crippen LogP contribution in [0.1, 0.15) is 62.1 Å². The standard InChI is InChI=1S/C17H25F2N/c1-12-10-14(16(19)11-15(12)18)17(20-2)13-8-6-4-3-5-7-9-13/h10-11,13,17,20H,3-9H2,1-2H3. The van der Waals surface area contributed by atoms with Gasteiger partial charge in [0.05, 0.1) is 0 Å². The second kappa shape index (κ2) is 7.16. The summed E-state index contributed by atoms with van der Waals surface area (Å²) < 4.78 is 27.6. The molecule has 1 atom stereocenters. The first-order valence-electron chi connectivity index (χ1n) is 7.76. The summed E-state index contributed by atoms with van der Waals surface area (Å²) in [6.07, 6.45) is 8.55. The van der Waals surface area contributed by atoms with Crippen molar-refractivity contribution in [1.29, 1.82) is 0 Å². The van der Waals surface area contributed by atoms with Gasteiger partial charge in [-0.2, -0.15) is 0 Å². The summed E-state index contributed by atoms with van der Waals surface area (Å²) in [5, 5.41) is 3.26. The van der Waals surface area contributed by atoms with Gasteiger partial charge in [0, 0.05) is 17.7 Å². The fraction of sp³-hybridized carbons (Fsp3) is 0.647. The molecule has 20 heavy (non-hydrogen) atoms. The Morgan fingerprint density at radius 3 is 2.20 bits per heavy atom. The van der Waals surface area contributed by atoms with Gasteiger partial charge in [0.15, 0.2) is 0 Å². The maximum Gasteiger partial charge on any atom is 0.130 e. The topological polar surface area (TPSA) is 12.0 Å². The maximum absolute atomic E-state index is 14.1. The monoisotopic (exact) mass is 281 g/mol. The van der Waals surface area contributed by atoms with Gasteiger partial charge in [0.2, 0.25) is 0 Å². The average Bonchev–Trinajstić information content (AvgIpc) is 2.38. The van der Waals surface area contributed by atoms with Gasteiger partial charge in [-0.05, 0) is 44.4 Å². The first-order valence-corrected chi connectivity index (χ1v) is 7.76. The zero-order valence-corrected chi connectivity index (χ0v) is 12.5. The van der Waals surface area contributed by atoms with Gasteiger partial charge in [-0.1, -0.05) is 32.1 Å². The number of rotatable bonds is 3. The van der Waals surface area contributed by atoms with Gasteiger partial charge >= 0.3 is 0 Å². The Morgan fingerprint density at radius 1 is 1.00 bits per heavy atom. The Kier molecular flexibility index (Phi) is 5.53. The zero-order chi connectivity index (χ0) is 14.5. The van der Waals surface area contributed by atoms with Crippen molar-refractivity contribution in [2.24, 2.45) is 5.92 Å². The van der Waals surface area contributed by atoms with Crippen LogP contribution in [0.4, 0.5) is 8.78 Å². The van der Waals surface area contributed by atoms with Crippen LogP contribution >= 0.6 is 0 Å². The van der Waals surface area contributed by atoms with Gasteiger partial charge in [-0.3, -0.25) is 0 Å². The van der Waals surface area contributed by atoms with E-state index < -0.39 is 11.6 Å². The number of hydrogen-bond acceptors (Lipinski definition) is 1. The molecule has 0 spiro atoms. The molecule has 2 rings (SSSR count). The third-order valence-corrected chi connectivity index (χ3v) is 4.55. The number of halogens is 2. The van der Waals surface area contributed by atoms with Gasteiger partial charge in [0.1, 0.15) is 11.6 Å². The predicted molar refractivity (Wildman–Crippen MR) is 78.7 cm³/mol. The quantitative estimate of drug-likeness (QED) is 0.831. The molecule has 1 nitrogen and oxygen atoms in total. The van der Waals surface area contributed by atoms with E-state index in [0.29, 0.717) is 17.0 Å². The normalized spacial score (nSPS) is 19.4. The summed E-state index contributed by atoms with van der Waals surface area (Å²) in [6.45, 7) is 1.70. The number of nitrogens with one attached hydrogen (secondary N) is 1. The lowest BCUT2D eigenvalue weighted by molar-refractivity contribution is 0.293. The minimum absolute atomic E-state index is 0.00704. The smallest absolute Gasteiger partial charge is 0.130 e. The van der Waals surface area contributed by atoms with Crippen molar-refractivity contribution in [3.8, 4) is 0 Å². The van der Waals surface area contributed by atoms with Crippen molar-refractivity contribution in [1.82, 2.24) is 5.32 Å². The van der Waals surface area contributed by atoms with Crippen LogP contribution in [0.15, 0.2) is 12.1 Å². The Morgan fingerprint density at radius 2 is 1.60 bits per heavy atom. The summed E-state index contributed by atoms with van der Waals surface area (Å²) in [7, 11) is 1.88. The molecule has 112 valence electrons. The molecule has 1 aromatic rings. The van der Waals surface area contributed by atoms with Crippen molar-refractivity contribution in [2.45, 2.75) is 57.9 Å². The summed E-state index contributed by atoms with van der Waals surface area (Å²) in [4.78, 5) is 0.